The summed E-state index contributed by atoms with van der Waals surface area (Å²) in [6.07, 6.45) is 10.9. The molecule has 0 spiro atoms. The van der Waals surface area contributed by atoms with Crippen LogP contribution in [0.4, 0.5) is 11.6 Å². The molecule has 112 valence electrons. The first kappa shape index (κ1) is 15.8. The molecule has 4 nitrogen and oxygen atoms in total. The maximum atomic E-state index is 4.54. The average Bonchev–Trinajstić information content (AvgIpc) is 2.53. The number of aromatic nitrogens is 2. The highest BCUT2D eigenvalue weighted by Gasteiger charge is 2.30. The molecule has 1 saturated carbocycles. The average molecular weight is 313 g/mol. The fraction of sp³-hybridized carbons (Fsp3) is 0.714. The molecule has 0 aromatic carbocycles. The van der Waals surface area contributed by atoms with E-state index < -0.39 is 0 Å². The lowest BCUT2D eigenvalue weighted by Crippen LogP contribution is -2.35. The van der Waals surface area contributed by atoms with Gasteiger partial charge >= 0.3 is 0 Å². The quantitative estimate of drug-likeness (QED) is 0.617. The van der Waals surface area contributed by atoms with Crippen LogP contribution in [-0.2, 0) is 0 Å². The Morgan fingerprint density at radius 3 is 2.45 bits per heavy atom. The van der Waals surface area contributed by atoms with Crippen LogP contribution in [0.15, 0.2) is 11.2 Å². The van der Waals surface area contributed by atoms with Crippen molar-refractivity contribution in [3.05, 3.63) is 6.07 Å². The monoisotopic (exact) mass is 312 g/mol. The normalized spacial score (nSPS) is 17.8. The summed E-state index contributed by atoms with van der Waals surface area (Å²) >= 11 is 3.58. The zero-order valence-electron chi connectivity index (χ0n) is 12.5. The van der Waals surface area contributed by atoms with Crippen LogP contribution in [0.1, 0.15) is 32.1 Å². The van der Waals surface area contributed by atoms with Crippen LogP contribution in [0, 0.1) is 0 Å². The van der Waals surface area contributed by atoms with Crippen LogP contribution < -0.4 is 10.6 Å². The van der Waals surface area contributed by atoms with Crippen molar-refractivity contribution in [2.24, 2.45) is 0 Å². The molecule has 0 amide bonds. The molecule has 0 bridgehead atoms. The molecule has 1 aliphatic rings. The van der Waals surface area contributed by atoms with E-state index in [-0.39, 0.29) is 0 Å². The Balaban J connectivity index is 2.05. The Morgan fingerprint density at radius 1 is 1.15 bits per heavy atom. The molecular weight excluding hydrogens is 288 g/mol. The van der Waals surface area contributed by atoms with Crippen molar-refractivity contribution in [2.45, 2.75) is 42.0 Å². The zero-order valence-corrected chi connectivity index (χ0v) is 14.2. The summed E-state index contributed by atoms with van der Waals surface area (Å²) in [5.41, 5.74) is 0. The molecule has 20 heavy (non-hydrogen) atoms. The van der Waals surface area contributed by atoms with Crippen molar-refractivity contribution in [2.75, 3.05) is 36.7 Å². The minimum absolute atomic E-state index is 0.378. The van der Waals surface area contributed by atoms with Crippen LogP contribution in [0.3, 0.4) is 0 Å². The molecule has 2 N–H and O–H groups in total. The molecule has 2 rings (SSSR count). The van der Waals surface area contributed by atoms with Crippen LogP contribution in [-0.4, -0.2) is 40.8 Å². The minimum atomic E-state index is 0.378. The highest BCUT2D eigenvalue weighted by molar-refractivity contribution is 8.00. The number of nitrogens with zero attached hydrogens (tertiary/aromatic N) is 2. The first-order chi connectivity index (χ1) is 9.71. The van der Waals surface area contributed by atoms with Gasteiger partial charge in [0.15, 0.2) is 5.16 Å². The molecule has 1 aromatic heterocycles. The van der Waals surface area contributed by atoms with Crippen LogP contribution in [0.5, 0.6) is 0 Å². The summed E-state index contributed by atoms with van der Waals surface area (Å²) in [4.78, 5) is 8.94. The van der Waals surface area contributed by atoms with Crippen molar-refractivity contribution in [3.8, 4) is 0 Å². The number of hydrogen-bond donors (Lipinski definition) is 2. The summed E-state index contributed by atoms with van der Waals surface area (Å²) in [6.45, 7) is 0.988. The van der Waals surface area contributed by atoms with Gasteiger partial charge in [0, 0.05) is 24.4 Å². The predicted molar refractivity (Wildman–Crippen MR) is 91.2 cm³/mol. The Labute approximate surface area is 130 Å². The van der Waals surface area contributed by atoms with E-state index in [0.717, 1.165) is 23.3 Å². The van der Waals surface area contributed by atoms with E-state index in [9.17, 15) is 0 Å². The highest BCUT2D eigenvalue weighted by atomic mass is 32.2. The third-order valence-corrected chi connectivity index (χ3v) is 5.90. The second kappa shape index (κ2) is 7.41. The fourth-order valence-corrected chi connectivity index (χ4v) is 3.93. The molecule has 1 aliphatic carbocycles. The van der Waals surface area contributed by atoms with Gasteiger partial charge in [0.05, 0.1) is 0 Å². The maximum Gasteiger partial charge on any atom is 0.191 e. The Hall–Kier alpha value is -0.620. The van der Waals surface area contributed by atoms with Gasteiger partial charge in [-0.15, -0.1) is 0 Å². The molecule has 1 aromatic rings. The fourth-order valence-electron chi connectivity index (χ4n) is 2.64. The van der Waals surface area contributed by atoms with Gasteiger partial charge in [-0.1, -0.05) is 31.0 Å². The van der Waals surface area contributed by atoms with Crippen molar-refractivity contribution in [1.82, 2.24) is 9.97 Å². The largest absolute Gasteiger partial charge is 0.373 e. The molecule has 0 radical (unpaired) electrons. The number of rotatable bonds is 6. The number of thioether (sulfide) groups is 2. The van der Waals surface area contributed by atoms with E-state index in [2.05, 4.69) is 26.9 Å². The topological polar surface area (TPSA) is 49.8 Å². The minimum Gasteiger partial charge on any atom is -0.373 e. The molecule has 0 aliphatic heterocycles. The standard InChI is InChI=1S/C14H24N4S2/c1-15-11-9-12(18-13(17-11)19-2)16-10-14(20-3)7-5-4-6-8-14/h9H,4-8,10H2,1-3H3,(H2,15,16,17,18). The summed E-state index contributed by atoms with van der Waals surface area (Å²) in [6, 6.07) is 1.98. The van der Waals surface area contributed by atoms with Gasteiger partial charge in [0.2, 0.25) is 0 Å². The summed E-state index contributed by atoms with van der Waals surface area (Å²) < 4.78 is 0.378. The maximum absolute atomic E-state index is 4.54. The lowest BCUT2D eigenvalue weighted by molar-refractivity contribution is 0.411. The van der Waals surface area contributed by atoms with E-state index in [1.54, 1.807) is 11.8 Å². The Bertz CT molecular complexity index is 411. The van der Waals surface area contributed by atoms with Gasteiger partial charge in [-0.2, -0.15) is 11.8 Å². The molecule has 0 unspecified atom stereocenters. The van der Waals surface area contributed by atoms with E-state index in [0.29, 0.717) is 4.75 Å². The first-order valence-electron chi connectivity index (χ1n) is 7.11. The molecule has 1 heterocycles. The summed E-state index contributed by atoms with van der Waals surface area (Å²) in [5, 5.41) is 7.43. The third kappa shape index (κ3) is 3.95. The van der Waals surface area contributed by atoms with Gasteiger partial charge in [0.1, 0.15) is 11.6 Å². The van der Waals surface area contributed by atoms with E-state index in [1.165, 1.54) is 32.1 Å². The van der Waals surface area contributed by atoms with Gasteiger partial charge < -0.3 is 10.6 Å². The predicted octanol–water partition coefficient (Wildman–Crippen LogP) is 3.72. The Kier molecular flexibility index (Phi) is 5.84. The van der Waals surface area contributed by atoms with Crippen LogP contribution in [0.2, 0.25) is 0 Å². The summed E-state index contributed by atoms with van der Waals surface area (Å²) in [7, 11) is 1.89. The molecule has 0 atom stereocenters. The summed E-state index contributed by atoms with van der Waals surface area (Å²) in [5.74, 6) is 1.79. The van der Waals surface area contributed by atoms with Crippen molar-refractivity contribution >= 4 is 35.2 Å². The number of hydrogen-bond acceptors (Lipinski definition) is 6. The smallest absolute Gasteiger partial charge is 0.191 e. The molecule has 6 heteroatoms. The number of anilines is 2. The highest BCUT2D eigenvalue weighted by Crippen LogP contribution is 2.38. The van der Waals surface area contributed by atoms with Gasteiger partial charge in [-0.05, 0) is 25.4 Å². The van der Waals surface area contributed by atoms with Crippen molar-refractivity contribution in [3.63, 3.8) is 0 Å². The van der Waals surface area contributed by atoms with E-state index in [4.69, 9.17) is 0 Å². The first-order valence-corrected chi connectivity index (χ1v) is 9.56. The SMILES string of the molecule is CNc1cc(NCC2(SC)CCCCC2)nc(SC)n1. The van der Waals surface area contributed by atoms with Crippen LogP contribution >= 0.6 is 23.5 Å². The van der Waals surface area contributed by atoms with Crippen LogP contribution in [0.25, 0.3) is 0 Å². The third-order valence-electron chi connectivity index (χ3n) is 3.93. The van der Waals surface area contributed by atoms with E-state index >= 15 is 0 Å². The lowest BCUT2D eigenvalue weighted by Gasteiger charge is -2.36. The zero-order chi connectivity index (χ0) is 14.4. The molecule has 1 fully saturated rings. The van der Waals surface area contributed by atoms with Crippen molar-refractivity contribution < 1.29 is 0 Å². The Morgan fingerprint density at radius 2 is 1.85 bits per heavy atom. The lowest BCUT2D eigenvalue weighted by atomic mass is 9.88. The molecular formula is C14H24N4S2. The number of nitrogens with one attached hydrogen (secondary N) is 2. The van der Waals surface area contributed by atoms with Crippen molar-refractivity contribution in [1.29, 1.82) is 0 Å². The van der Waals surface area contributed by atoms with Gasteiger partial charge in [0.25, 0.3) is 0 Å². The van der Waals surface area contributed by atoms with Gasteiger partial charge in [-0.3, -0.25) is 0 Å². The van der Waals surface area contributed by atoms with E-state index in [1.807, 2.05) is 31.1 Å². The second-order valence-corrected chi connectivity index (χ2v) is 7.22. The van der Waals surface area contributed by atoms with Gasteiger partial charge in [-0.25, -0.2) is 9.97 Å². The second-order valence-electron chi connectivity index (χ2n) is 5.18. The molecule has 0 saturated heterocycles.